The lowest BCUT2D eigenvalue weighted by molar-refractivity contribution is -0.901. The van der Waals surface area contributed by atoms with Crippen molar-refractivity contribution in [1.82, 2.24) is 0 Å². The molecular weight excluding hydrogens is 191 g/mol. The first-order valence-corrected chi connectivity index (χ1v) is 4.80. The first-order chi connectivity index (χ1) is 5.91. The Morgan fingerprint density at radius 2 is 1.43 bits per heavy atom. The van der Waals surface area contributed by atoms with Gasteiger partial charge in [0.1, 0.15) is 0 Å². The van der Waals surface area contributed by atoms with E-state index in [9.17, 15) is 13.2 Å². The van der Waals surface area contributed by atoms with Crippen molar-refractivity contribution in [3.63, 3.8) is 0 Å². The van der Waals surface area contributed by atoms with Gasteiger partial charge in [-0.1, -0.05) is 20.8 Å². The molecule has 0 N–H and O–H groups in total. The van der Waals surface area contributed by atoms with Gasteiger partial charge in [-0.3, -0.25) is 0 Å². The van der Waals surface area contributed by atoms with Crippen LogP contribution >= 0.6 is 0 Å². The van der Waals surface area contributed by atoms with Gasteiger partial charge in [-0.25, -0.2) is 0 Å². The van der Waals surface area contributed by atoms with Gasteiger partial charge in [-0.05, 0) is 5.41 Å². The van der Waals surface area contributed by atoms with E-state index in [1.807, 2.05) is 20.8 Å². The summed E-state index contributed by atoms with van der Waals surface area (Å²) in [5, 5.41) is 0. The van der Waals surface area contributed by atoms with Crippen molar-refractivity contribution < 1.29 is 17.7 Å². The molecule has 0 radical (unpaired) electrons. The zero-order valence-electron chi connectivity index (χ0n) is 9.70. The van der Waals surface area contributed by atoms with Crippen molar-refractivity contribution >= 4 is 0 Å². The van der Waals surface area contributed by atoms with Crippen LogP contribution in [0.1, 0.15) is 27.2 Å². The summed E-state index contributed by atoms with van der Waals surface area (Å²) in [6, 6.07) is 0. The van der Waals surface area contributed by atoms with Crippen molar-refractivity contribution in [2.24, 2.45) is 5.41 Å². The van der Waals surface area contributed by atoms with Crippen molar-refractivity contribution in [3.05, 3.63) is 0 Å². The summed E-state index contributed by atoms with van der Waals surface area (Å²) in [7, 11) is 3.25. The number of quaternary nitrogens is 1. The largest absolute Gasteiger partial charge is 0.438 e. The Kier molecular flexibility index (Phi) is 4.02. The third-order valence-corrected chi connectivity index (χ3v) is 2.07. The molecule has 1 nitrogen and oxygen atoms in total. The molecule has 4 heteroatoms. The summed E-state index contributed by atoms with van der Waals surface area (Å²) >= 11 is 0. The molecule has 0 aromatic carbocycles. The molecule has 0 heterocycles. The van der Waals surface area contributed by atoms with Gasteiger partial charge in [0, 0.05) is 6.42 Å². The number of nitrogens with zero attached hydrogens (tertiary/aromatic N) is 1. The normalized spacial score (nSPS) is 14.6. The molecule has 0 spiro atoms. The molecule has 86 valence electrons. The van der Waals surface area contributed by atoms with Crippen molar-refractivity contribution in [2.45, 2.75) is 33.4 Å². The monoisotopic (exact) mass is 212 g/mol. The lowest BCUT2D eigenvalue weighted by Gasteiger charge is -2.33. The molecule has 0 rings (SSSR count). The van der Waals surface area contributed by atoms with E-state index in [0.29, 0.717) is 6.54 Å². The van der Waals surface area contributed by atoms with Crippen LogP contribution in [0.25, 0.3) is 0 Å². The molecule has 0 bridgehead atoms. The van der Waals surface area contributed by atoms with Crippen LogP contribution in [0.3, 0.4) is 0 Å². The van der Waals surface area contributed by atoms with Gasteiger partial charge in [0.05, 0.1) is 20.6 Å². The zero-order chi connectivity index (χ0) is 11.6. The quantitative estimate of drug-likeness (QED) is 0.631. The van der Waals surface area contributed by atoms with E-state index in [4.69, 9.17) is 0 Å². The topological polar surface area (TPSA) is 0 Å². The van der Waals surface area contributed by atoms with Crippen LogP contribution in [0.2, 0.25) is 0 Å². The molecular formula is C10H21F3N+. The highest BCUT2D eigenvalue weighted by molar-refractivity contribution is 4.60. The SMILES string of the molecule is CC(C)(C)CC[N+](C)(C)CC(F)(F)F. The molecule has 0 unspecified atom stereocenters. The predicted octanol–water partition coefficient (Wildman–Crippen LogP) is 3.06. The molecule has 0 aliphatic rings. The Balaban J connectivity index is 4.09. The summed E-state index contributed by atoms with van der Waals surface area (Å²) in [5.41, 5.74) is 0.0983. The molecule has 0 aromatic heterocycles. The van der Waals surface area contributed by atoms with Crippen LogP contribution in [0, 0.1) is 5.41 Å². The fraction of sp³-hybridized carbons (Fsp3) is 1.00. The van der Waals surface area contributed by atoms with Crippen LogP contribution in [-0.2, 0) is 0 Å². The minimum atomic E-state index is -4.07. The zero-order valence-corrected chi connectivity index (χ0v) is 9.70. The smallest absolute Gasteiger partial charge is 0.321 e. The minimum absolute atomic E-state index is 0.0147. The third-order valence-electron chi connectivity index (χ3n) is 2.07. The average molecular weight is 212 g/mol. The number of halogens is 3. The van der Waals surface area contributed by atoms with Gasteiger partial charge >= 0.3 is 6.18 Å². The number of alkyl halides is 3. The maximum Gasteiger partial charge on any atom is 0.438 e. The van der Waals surface area contributed by atoms with E-state index in [-0.39, 0.29) is 9.90 Å². The van der Waals surface area contributed by atoms with E-state index in [1.165, 1.54) is 0 Å². The van der Waals surface area contributed by atoms with Crippen LogP contribution in [0.15, 0.2) is 0 Å². The lowest BCUT2D eigenvalue weighted by atomic mass is 9.92. The summed E-state index contributed by atoms with van der Waals surface area (Å²) < 4.78 is 36.5. The second-order valence-corrected chi connectivity index (χ2v) is 5.74. The molecule has 0 saturated carbocycles. The van der Waals surface area contributed by atoms with Gasteiger partial charge in [-0.2, -0.15) is 13.2 Å². The molecule has 0 amide bonds. The summed E-state index contributed by atoms with van der Waals surface area (Å²) in [6.45, 7) is 5.94. The van der Waals surface area contributed by atoms with Gasteiger partial charge in [0.25, 0.3) is 0 Å². The van der Waals surface area contributed by atoms with Gasteiger partial charge in [0.15, 0.2) is 6.54 Å². The van der Waals surface area contributed by atoms with Gasteiger partial charge < -0.3 is 4.48 Å². The summed E-state index contributed by atoms with van der Waals surface area (Å²) in [4.78, 5) is 0. The first-order valence-electron chi connectivity index (χ1n) is 4.80. The Morgan fingerprint density at radius 3 is 1.71 bits per heavy atom. The summed E-state index contributed by atoms with van der Waals surface area (Å²) in [6.07, 6.45) is -3.27. The maximum absolute atomic E-state index is 12.2. The van der Waals surface area contributed by atoms with Crippen molar-refractivity contribution in [2.75, 3.05) is 27.2 Å². The molecule has 0 aliphatic carbocycles. The highest BCUT2D eigenvalue weighted by atomic mass is 19.4. The average Bonchev–Trinajstić information content (AvgIpc) is 1.76. The predicted molar refractivity (Wildman–Crippen MR) is 52.0 cm³/mol. The molecule has 0 aliphatic heterocycles. The minimum Gasteiger partial charge on any atom is -0.321 e. The van der Waals surface area contributed by atoms with Gasteiger partial charge in [0.2, 0.25) is 0 Å². The Hall–Kier alpha value is -0.250. The molecule has 0 fully saturated rings. The highest BCUT2D eigenvalue weighted by Crippen LogP contribution is 2.23. The molecule has 0 atom stereocenters. The number of hydrogen-bond donors (Lipinski definition) is 0. The van der Waals surface area contributed by atoms with E-state index in [1.54, 1.807) is 14.1 Å². The van der Waals surface area contributed by atoms with Crippen molar-refractivity contribution in [3.8, 4) is 0 Å². The molecule has 14 heavy (non-hydrogen) atoms. The first kappa shape index (κ1) is 13.8. The van der Waals surface area contributed by atoms with E-state index < -0.39 is 12.7 Å². The Bertz CT molecular complexity index is 177. The Labute approximate surface area is 84.5 Å². The molecule has 0 saturated heterocycles. The van der Waals surface area contributed by atoms with E-state index in [0.717, 1.165) is 6.42 Å². The molecule has 0 aromatic rings. The second-order valence-electron chi connectivity index (χ2n) is 5.74. The highest BCUT2D eigenvalue weighted by Gasteiger charge is 2.37. The maximum atomic E-state index is 12.2. The van der Waals surface area contributed by atoms with E-state index >= 15 is 0 Å². The third kappa shape index (κ3) is 8.35. The van der Waals surface area contributed by atoms with Crippen LogP contribution in [0.5, 0.6) is 0 Å². The number of hydrogen-bond acceptors (Lipinski definition) is 0. The van der Waals surface area contributed by atoms with E-state index in [2.05, 4.69) is 0 Å². The fourth-order valence-electron chi connectivity index (χ4n) is 1.20. The summed E-state index contributed by atoms with van der Waals surface area (Å²) in [5.74, 6) is 0. The standard InChI is InChI=1S/C10H21F3N/c1-9(2,3)6-7-14(4,5)8-10(11,12)13/h6-8H2,1-5H3/q+1. The van der Waals surface area contributed by atoms with Crippen molar-refractivity contribution in [1.29, 1.82) is 0 Å². The lowest BCUT2D eigenvalue weighted by Crippen LogP contribution is -2.48. The van der Waals surface area contributed by atoms with Crippen LogP contribution < -0.4 is 0 Å². The van der Waals surface area contributed by atoms with Crippen LogP contribution in [0.4, 0.5) is 13.2 Å². The van der Waals surface area contributed by atoms with Crippen LogP contribution in [-0.4, -0.2) is 37.8 Å². The Morgan fingerprint density at radius 1 is 1.00 bits per heavy atom. The second kappa shape index (κ2) is 4.09. The van der Waals surface area contributed by atoms with Gasteiger partial charge in [-0.15, -0.1) is 0 Å². The number of rotatable bonds is 3. The fourth-order valence-corrected chi connectivity index (χ4v) is 1.20.